The fraction of sp³-hybridized carbons (Fsp3) is 0.550. The summed E-state index contributed by atoms with van der Waals surface area (Å²) in [7, 11) is 0. The average Bonchev–Trinajstić information content (AvgIpc) is 2.97. The molecule has 1 aromatic carbocycles. The van der Waals surface area contributed by atoms with Crippen molar-refractivity contribution in [1.82, 2.24) is 4.90 Å². The fourth-order valence-electron chi connectivity index (χ4n) is 4.07. The maximum absolute atomic E-state index is 13.0. The van der Waals surface area contributed by atoms with E-state index in [0.717, 1.165) is 18.4 Å². The number of unbranched alkanes of at least 4 members (excludes halogenated alkanes) is 1. The second kappa shape index (κ2) is 7.58. The molecule has 2 aliphatic heterocycles. The molecule has 0 aromatic heterocycles. The molecule has 0 bridgehead atoms. The van der Waals surface area contributed by atoms with Gasteiger partial charge in [0.2, 0.25) is 0 Å². The number of rotatable bonds is 5. The molecule has 2 amide bonds. The zero-order valence-electron chi connectivity index (χ0n) is 16.0. The highest BCUT2D eigenvalue weighted by Crippen LogP contribution is 2.51. The number of carbonyl (C=O) groups is 3. The van der Waals surface area contributed by atoms with E-state index in [1.807, 2.05) is 25.1 Å². The molecule has 2 aliphatic rings. The van der Waals surface area contributed by atoms with Gasteiger partial charge in [0.15, 0.2) is 0 Å². The summed E-state index contributed by atoms with van der Waals surface area (Å²) in [6.45, 7) is 6.06. The molecule has 0 unspecified atom stereocenters. The Kier molecular flexibility index (Phi) is 5.39. The van der Waals surface area contributed by atoms with Crippen LogP contribution in [0.1, 0.15) is 45.1 Å². The van der Waals surface area contributed by atoms with E-state index in [0.29, 0.717) is 5.69 Å². The van der Waals surface area contributed by atoms with Crippen molar-refractivity contribution >= 4 is 23.7 Å². The van der Waals surface area contributed by atoms with Gasteiger partial charge in [0.25, 0.3) is 5.91 Å². The van der Waals surface area contributed by atoms with Gasteiger partial charge in [0.1, 0.15) is 5.54 Å². The Morgan fingerprint density at radius 2 is 2.00 bits per heavy atom. The molecule has 0 radical (unpaired) electrons. The van der Waals surface area contributed by atoms with Gasteiger partial charge in [-0.2, -0.15) is 0 Å². The number of hydrogen-bond donors (Lipinski definition) is 1. The summed E-state index contributed by atoms with van der Waals surface area (Å²) in [5.41, 5.74) is 0.289. The van der Waals surface area contributed by atoms with Crippen LogP contribution in [0.4, 0.5) is 10.5 Å². The van der Waals surface area contributed by atoms with Crippen molar-refractivity contribution in [2.24, 2.45) is 5.92 Å². The molecular formula is C20H26N2O5. The Balaban J connectivity index is 2.01. The van der Waals surface area contributed by atoms with E-state index < -0.39 is 29.4 Å². The highest BCUT2D eigenvalue weighted by molar-refractivity contribution is 6.05. The van der Waals surface area contributed by atoms with E-state index in [1.54, 1.807) is 19.9 Å². The molecule has 1 fully saturated rings. The molecule has 3 atom stereocenters. The Morgan fingerprint density at radius 3 is 2.70 bits per heavy atom. The van der Waals surface area contributed by atoms with Crippen molar-refractivity contribution in [1.29, 1.82) is 0 Å². The molecule has 146 valence electrons. The lowest BCUT2D eigenvalue weighted by molar-refractivity contribution is -0.148. The molecule has 27 heavy (non-hydrogen) atoms. The van der Waals surface area contributed by atoms with Crippen LogP contribution in [-0.2, 0) is 19.1 Å². The summed E-state index contributed by atoms with van der Waals surface area (Å²) in [5.74, 6) is -1.83. The van der Waals surface area contributed by atoms with Gasteiger partial charge in [-0.25, -0.2) is 4.79 Å². The molecule has 0 saturated carbocycles. The lowest BCUT2D eigenvalue weighted by atomic mass is 9.73. The van der Waals surface area contributed by atoms with Crippen LogP contribution < -0.4 is 5.32 Å². The van der Waals surface area contributed by atoms with E-state index in [1.165, 1.54) is 4.90 Å². The largest absolute Gasteiger partial charge is 0.466 e. The number of fused-ring (bicyclic) bond motifs is 3. The van der Waals surface area contributed by atoms with E-state index in [4.69, 9.17) is 9.47 Å². The summed E-state index contributed by atoms with van der Waals surface area (Å²) in [6.07, 6.45) is 1.07. The molecule has 0 aliphatic carbocycles. The minimum atomic E-state index is -1.21. The maximum atomic E-state index is 13.0. The fourth-order valence-corrected chi connectivity index (χ4v) is 4.07. The first-order chi connectivity index (χ1) is 12.9. The molecule has 0 spiro atoms. The minimum absolute atomic E-state index is 0.0900. The van der Waals surface area contributed by atoms with E-state index in [-0.39, 0.29) is 25.7 Å². The number of esters is 1. The monoisotopic (exact) mass is 374 g/mol. The molecular weight excluding hydrogens is 348 g/mol. The van der Waals surface area contributed by atoms with Crippen LogP contribution in [0.3, 0.4) is 0 Å². The van der Waals surface area contributed by atoms with E-state index >= 15 is 0 Å². The van der Waals surface area contributed by atoms with Gasteiger partial charge in [-0.3, -0.25) is 14.5 Å². The van der Waals surface area contributed by atoms with E-state index in [2.05, 4.69) is 5.32 Å². The van der Waals surface area contributed by atoms with Gasteiger partial charge in [-0.1, -0.05) is 31.5 Å². The Hall–Kier alpha value is -2.57. The molecule has 3 rings (SSSR count). The zero-order valence-corrected chi connectivity index (χ0v) is 16.0. The van der Waals surface area contributed by atoms with E-state index in [9.17, 15) is 14.4 Å². The molecule has 1 saturated heterocycles. The number of benzene rings is 1. The SMILES string of the molecule is CCCCOC(=O)N1C[C@H](C(=O)OCC)[C@H]2c3ccccc3NC(=O)[C@]21C. The van der Waals surface area contributed by atoms with Gasteiger partial charge in [-0.15, -0.1) is 0 Å². The second-order valence-corrected chi connectivity index (χ2v) is 7.10. The number of nitrogens with one attached hydrogen (secondary N) is 1. The summed E-state index contributed by atoms with van der Waals surface area (Å²) in [6, 6.07) is 7.38. The summed E-state index contributed by atoms with van der Waals surface area (Å²) in [4.78, 5) is 39.8. The number of anilines is 1. The number of hydrogen-bond acceptors (Lipinski definition) is 5. The first-order valence-electron chi connectivity index (χ1n) is 9.46. The van der Waals surface area contributed by atoms with Gasteiger partial charge in [-0.05, 0) is 31.9 Å². The third-order valence-electron chi connectivity index (χ3n) is 5.48. The maximum Gasteiger partial charge on any atom is 0.410 e. The van der Waals surface area contributed by atoms with Crippen LogP contribution in [0.5, 0.6) is 0 Å². The molecule has 2 heterocycles. The summed E-state index contributed by atoms with van der Waals surface area (Å²) < 4.78 is 10.6. The smallest absolute Gasteiger partial charge is 0.410 e. The molecule has 1 N–H and O–H groups in total. The summed E-state index contributed by atoms with van der Waals surface area (Å²) in [5, 5.41) is 2.87. The Bertz CT molecular complexity index is 750. The number of likely N-dealkylation sites (tertiary alicyclic amines) is 1. The van der Waals surface area contributed by atoms with Crippen LogP contribution in [0, 0.1) is 5.92 Å². The number of para-hydroxylation sites is 1. The molecule has 7 heteroatoms. The lowest BCUT2D eigenvalue weighted by Gasteiger charge is -2.41. The normalized spacial score (nSPS) is 26.0. The van der Waals surface area contributed by atoms with Crippen LogP contribution in [0.2, 0.25) is 0 Å². The topological polar surface area (TPSA) is 84.9 Å². The van der Waals surface area contributed by atoms with Crippen LogP contribution >= 0.6 is 0 Å². The minimum Gasteiger partial charge on any atom is -0.466 e. The van der Waals surface area contributed by atoms with Crippen molar-refractivity contribution in [3.63, 3.8) is 0 Å². The second-order valence-electron chi connectivity index (χ2n) is 7.10. The Morgan fingerprint density at radius 1 is 1.26 bits per heavy atom. The van der Waals surface area contributed by atoms with Crippen LogP contribution in [0.15, 0.2) is 24.3 Å². The van der Waals surface area contributed by atoms with Crippen molar-refractivity contribution in [3.8, 4) is 0 Å². The third kappa shape index (κ3) is 3.15. The standard InChI is InChI=1S/C20H26N2O5/c1-4-6-11-27-19(25)22-12-14(17(23)26-5-2)16-13-9-7-8-10-15(13)21-18(24)20(16,22)3/h7-10,14,16H,4-6,11-12H2,1-3H3,(H,21,24)/t14-,16+,20-/m0/s1. The predicted molar refractivity (Wildman–Crippen MR) is 99.3 cm³/mol. The zero-order chi connectivity index (χ0) is 19.6. The highest BCUT2D eigenvalue weighted by atomic mass is 16.6. The summed E-state index contributed by atoms with van der Waals surface area (Å²) >= 11 is 0. The Labute approximate surface area is 159 Å². The van der Waals surface area contributed by atoms with Gasteiger partial charge in [0.05, 0.1) is 19.1 Å². The molecule has 1 aromatic rings. The predicted octanol–water partition coefficient (Wildman–Crippen LogP) is 2.91. The lowest BCUT2D eigenvalue weighted by Crippen LogP contribution is -2.58. The average molecular weight is 374 g/mol. The first kappa shape index (κ1) is 19.2. The van der Waals surface area contributed by atoms with Crippen LogP contribution in [-0.4, -0.2) is 48.2 Å². The van der Waals surface area contributed by atoms with Crippen molar-refractivity contribution in [2.75, 3.05) is 25.1 Å². The third-order valence-corrected chi connectivity index (χ3v) is 5.48. The molecule has 7 nitrogen and oxygen atoms in total. The number of amides is 2. The van der Waals surface area contributed by atoms with Crippen molar-refractivity contribution in [3.05, 3.63) is 29.8 Å². The van der Waals surface area contributed by atoms with Gasteiger partial charge >= 0.3 is 12.1 Å². The highest BCUT2D eigenvalue weighted by Gasteiger charge is 2.62. The van der Waals surface area contributed by atoms with Gasteiger partial charge < -0.3 is 14.8 Å². The van der Waals surface area contributed by atoms with Crippen molar-refractivity contribution < 1.29 is 23.9 Å². The van der Waals surface area contributed by atoms with Crippen LogP contribution in [0.25, 0.3) is 0 Å². The number of nitrogens with zero attached hydrogens (tertiary/aromatic N) is 1. The van der Waals surface area contributed by atoms with Crippen molar-refractivity contribution in [2.45, 2.75) is 45.1 Å². The van der Waals surface area contributed by atoms with Gasteiger partial charge in [0, 0.05) is 18.2 Å². The number of ether oxygens (including phenoxy) is 2. The first-order valence-corrected chi connectivity index (χ1v) is 9.46. The quantitative estimate of drug-likeness (QED) is 0.633. The number of carbonyl (C=O) groups excluding carboxylic acids is 3.